The van der Waals surface area contributed by atoms with E-state index in [-0.39, 0.29) is 5.76 Å². The van der Waals surface area contributed by atoms with Crippen LogP contribution in [0.2, 0.25) is 0 Å². The van der Waals surface area contributed by atoms with Crippen LogP contribution in [0.5, 0.6) is 5.75 Å². The summed E-state index contributed by atoms with van der Waals surface area (Å²) in [5, 5.41) is 2.06. The topological polar surface area (TPSA) is 48.0 Å². The molecule has 3 aromatic carbocycles. The maximum atomic E-state index is 12.2. The Hall–Kier alpha value is -3.12. The minimum atomic E-state index is -0.450. The number of ether oxygens (including phenoxy) is 3. The fourth-order valence-corrected chi connectivity index (χ4v) is 4.95. The van der Waals surface area contributed by atoms with Gasteiger partial charge in [-0.25, -0.2) is 4.79 Å². The molecule has 0 unspecified atom stereocenters. The van der Waals surface area contributed by atoms with E-state index in [1.165, 1.54) is 10.6 Å². The molecule has 0 bridgehead atoms. The molecule has 1 aliphatic rings. The summed E-state index contributed by atoms with van der Waals surface area (Å²) in [7, 11) is 0. The number of carbonyl (C=O) groups is 1. The third-order valence-corrected chi connectivity index (χ3v) is 6.45. The molecule has 33 heavy (non-hydrogen) atoms. The van der Waals surface area contributed by atoms with Crippen molar-refractivity contribution < 1.29 is 19.0 Å². The molecule has 0 aromatic heterocycles. The lowest BCUT2D eigenvalue weighted by molar-refractivity contribution is -0.142. The van der Waals surface area contributed by atoms with Gasteiger partial charge in [0.15, 0.2) is 0 Å². The molecular weight excluding hydrogens is 434 g/mol. The zero-order valence-electron chi connectivity index (χ0n) is 19.1. The maximum absolute atomic E-state index is 12.2. The van der Waals surface area contributed by atoms with Crippen molar-refractivity contribution in [3.8, 4) is 5.75 Å². The first-order chi connectivity index (χ1) is 16.2. The van der Waals surface area contributed by atoms with Gasteiger partial charge in [0.2, 0.25) is 5.76 Å². The van der Waals surface area contributed by atoms with Gasteiger partial charge in [-0.3, -0.25) is 0 Å². The third kappa shape index (κ3) is 5.63. The molecular formula is C27H29NO4S. The van der Waals surface area contributed by atoms with Crippen LogP contribution >= 0.6 is 11.8 Å². The summed E-state index contributed by atoms with van der Waals surface area (Å²) in [5.41, 5.74) is 2.19. The second kappa shape index (κ2) is 11.1. The highest BCUT2D eigenvalue weighted by Gasteiger charge is 2.16. The van der Waals surface area contributed by atoms with Crippen molar-refractivity contribution in [2.24, 2.45) is 0 Å². The van der Waals surface area contributed by atoms with Gasteiger partial charge in [0.05, 0.1) is 25.4 Å². The number of hydrogen-bond donors (Lipinski definition) is 0. The van der Waals surface area contributed by atoms with Gasteiger partial charge in [-0.05, 0) is 60.5 Å². The van der Waals surface area contributed by atoms with Gasteiger partial charge in [-0.2, -0.15) is 0 Å². The molecule has 0 saturated heterocycles. The Morgan fingerprint density at radius 1 is 1.03 bits per heavy atom. The van der Waals surface area contributed by atoms with Crippen LogP contribution in [0.3, 0.4) is 0 Å². The molecule has 3 aromatic rings. The average molecular weight is 464 g/mol. The molecule has 0 amide bonds. The monoisotopic (exact) mass is 463 g/mol. The number of esters is 1. The molecule has 172 valence electrons. The van der Waals surface area contributed by atoms with E-state index in [2.05, 4.69) is 29.2 Å². The highest BCUT2D eigenvalue weighted by Crippen LogP contribution is 2.34. The number of anilines is 1. The van der Waals surface area contributed by atoms with E-state index in [0.29, 0.717) is 19.8 Å². The van der Waals surface area contributed by atoms with Gasteiger partial charge in [0.1, 0.15) is 12.4 Å². The molecule has 5 nitrogen and oxygen atoms in total. The van der Waals surface area contributed by atoms with E-state index in [1.807, 2.05) is 55.1 Å². The van der Waals surface area contributed by atoms with E-state index in [9.17, 15) is 4.79 Å². The molecule has 1 aliphatic heterocycles. The SMILES string of the molecule is CCOC(=O)C(=Cc1cccc2cc(OCCN3CCSc4ccccc43)ccc12)OCC. The number of fused-ring (bicyclic) bond motifs is 2. The lowest BCUT2D eigenvalue weighted by Gasteiger charge is -2.30. The van der Waals surface area contributed by atoms with Crippen LogP contribution in [0, 0.1) is 0 Å². The molecule has 0 saturated carbocycles. The maximum Gasteiger partial charge on any atom is 0.373 e. The van der Waals surface area contributed by atoms with Crippen LogP contribution < -0.4 is 9.64 Å². The predicted octanol–water partition coefficient (Wildman–Crippen LogP) is 5.77. The van der Waals surface area contributed by atoms with E-state index in [0.717, 1.165) is 40.9 Å². The van der Waals surface area contributed by atoms with Crippen molar-refractivity contribution in [1.29, 1.82) is 0 Å². The molecule has 0 radical (unpaired) electrons. The summed E-state index contributed by atoms with van der Waals surface area (Å²) in [4.78, 5) is 15.9. The Morgan fingerprint density at radius 2 is 1.88 bits per heavy atom. The molecule has 4 rings (SSSR count). The second-order valence-corrected chi connectivity index (χ2v) is 8.68. The number of rotatable bonds is 9. The number of carbonyl (C=O) groups excluding carboxylic acids is 1. The third-order valence-electron chi connectivity index (χ3n) is 5.40. The second-order valence-electron chi connectivity index (χ2n) is 7.54. The largest absolute Gasteiger partial charge is 0.492 e. The molecule has 0 aliphatic carbocycles. The van der Waals surface area contributed by atoms with E-state index in [1.54, 1.807) is 13.0 Å². The van der Waals surface area contributed by atoms with E-state index in [4.69, 9.17) is 14.2 Å². The van der Waals surface area contributed by atoms with Crippen molar-refractivity contribution in [3.63, 3.8) is 0 Å². The lowest BCUT2D eigenvalue weighted by atomic mass is 10.0. The highest BCUT2D eigenvalue weighted by molar-refractivity contribution is 7.99. The fraction of sp³-hybridized carbons (Fsp3) is 0.296. The summed E-state index contributed by atoms with van der Waals surface area (Å²) < 4.78 is 16.7. The standard InChI is InChI=1S/C27H29NO4S/c1-3-30-25(27(29)31-4-2)19-21-9-7-8-20-18-22(12-13-23(20)21)32-16-14-28-15-17-33-26-11-6-5-10-24(26)28/h5-13,18-19H,3-4,14-17H2,1-2H3. The van der Waals surface area contributed by atoms with Gasteiger partial charge < -0.3 is 19.1 Å². The van der Waals surface area contributed by atoms with Gasteiger partial charge >= 0.3 is 5.97 Å². The van der Waals surface area contributed by atoms with Crippen molar-refractivity contribution in [2.75, 3.05) is 43.6 Å². The van der Waals surface area contributed by atoms with Crippen molar-refractivity contribution >= 4 is 40.3 Å². The van der Waals surface area contributed by atoms with Gasteiger partial charge in [-0.1, -0.05) is 36.4 Å². The Bertz CT molecular complexity index is 1140. The Kier molecular flexibility index (Phi) is 7.79. The Labute approximate surface area is 199 Å². The summed E-state index contributed by atoms with van der Waals surface area (Å²) >= 11 is 1.91. The minimum absolute atomic E-state index is 0.215. The van der Waals surface area contributed by atoms with Crippen molar-refractivity contribution in [1.82, 2.24) is 0 Å². The molecule has 0 atom stereocenters. The van der Waals surface area contributed by atoms with Crippen LogP contribution in [-0.2, 0) is 14.3 Å². The molecule has 0 fully saturated rings. The van der Waals surface area contributed by atoms with Crippen LogP contribution in [0.15, 0.2) is 71.3 Å². The summed E-state index contributed by atoms with van der Waals surface area (Å²) in [6.07, 6.45) is 1.75. The quantitative estimate of drug-likeness (QED) is 0.228. The molecule has 6 heteroatoms. The number of nitrogens with zero attached hydrogens (tertiary/aromatic N) is 1. The van der Waals surface area contributed by atoms with Crippen molar-refractivity contribution in [2.45, 2.75) is 18.7 Å². The Balaban J connectivity index is 1.47. The lowest BCUT2D eigenvalue weighted by Crippen LogP contribution is -2.33. The van der Waals surface area contributed by atoms with Gasteiger partial charge in [0, 0.05) is 17.2 Å². The van der Waals surface area contributed by atoms with E-state index < -0.39 is 5.97 Å². The van der Waals surface area contributed by atoms with Crippen LogP contribution in [0.25, 0.3) is 16.8 Å². The van der Waals surface area contributed by atoms with Crippen LogP contribution in [0.4, 0.5) is 5.69 Å². The summed E-state index contributed by atoms with van der Waals surface area (Å²) in [5.74, 6) is 1.69. The zero-order valence-corrected chi connectivity index (χ0v) is 19.9. The fourth-order valence-electron chi connectivity index (χ4n) is 3.89. The van der Waals surface area contributed by atoms with E-state index >= 15 is 0 Å². The first-order valence-electron chi connectivity index (χ1n) is 11.3. The molecule has 0 N–H and O–H groups in total. The Morgan fingerprint density at radius 3 is 2.73 bits per heavy atom. The predicted molar refractivity (Wildman–Crippen MR) is 135 cm³/mol. The van der Waals surface area contributed by atoms with Crippen LogP contribution in [-0.4, -0.2) is 44.6 Å². The smallest absolute Gasteiger partial charge is 0.373 e. The molecule has 0 spiro atoms. The molecule has 1 heterocycles. The summed E-state index contributed by atoms with van der Waals surface area (Å²) in [6.45, 7) is 6.82. The van der Waals surface area contributed by atoms with Crippen molar-refractivity contribution in [3.05, 3.63) is 72.0 Å². The number of thioether (sulfide) groups is 1. The number of para-hydroxylation sites is 1. The average Bonchev–Trinajstić information content (AvgIpc) is 2.84. The first-order valence-corrected chi connectivity index (χ1v) is 12.3. The highest BCUT2D eigenvalue weighted by atomic mass is 32.2. The normalized spacial score (nSPS) is 13.5. The summed E-state index contributed by atoms with van der Waals surface area (Å²) in [6, 6.07) is 20.6. The zero-order chi connectivity index (χ0) is 23.0. The minimum Gasteiger partial charge on any atom is -0.492 e. The number of benzene rings is 3. The van der Waals surface area contributed by atoms with Gasteiger partial charge in [0.25, 0.3) is 0 Å². The number of hydrogen-bond acceptors (Lipinski definition) is 6. The first kappa shape index (κ1) is 23.1. The van der Waals surface area contributed by atoms with Gasteiger partial charge in [-0.15, -0.1) is 11.8 Å². The van der Waals surface area contributed by atoms with Crippen LogP contribution in [0.1, 0.15) is 19.4 Å².